The lowest BCUT2D eigenvalue weighted by molar-refractivity contribution is 0.0697. The Hall–Kier alpha value is -2.52. The monoisotopic (exact) mass is 297 g/mol. The van der Waals surface area contributed by atoms with E-state index in [1.165, 1.54) is 0 Å². The third-order valence-corrected chi connectivity index (χ3v) is 3.53. The number of aromatic carboxylic acids is 1. The van der Waals surface area contributed by atoms with Crippen molar-refractivity contribution in [3.8, 4) is 16.8 Å². The van der Waals surface area contributed by atoms with Crippen LogP contribution in [0.4, 0.5) is 0 Å². The molecule has 0 radical (unpaired) electrons. The SMILES string of the molecule is O=C(O)c1ccc(-c2ccn(-c3ccc(Cl)cc3)c2)cc1. The Labute approximate surface area is 127 Å². The van der Waals surface area contributed by atoms with E-state index in [-0.39, 0.29) is 5.56 Å². The van der Waals surface area contributed by atoms with Crippen molar-refractivity contribution in [1.29, 1.82) is 0 Å². The molecule has 1 heterocycles. The van der Waals surface area contributed by atoms with Crippen LogP contribution in [0.2, 0.25) is 5.02 Å². The number of nitrogens with zero attached hydrogens (tertiary/aromatic N) is 1. The number of hydrogen-bond donors (Lipinski definition) is 1. The van der Waals surface area contributed by atoms with E-state index in [0.29, 0.717) is 5.02 Å². The average molecular weight is 298 g/mol. The first-order valence-electron chi connectivity index (χ1n) is 6.41. The maximum absolute atomic E-state index is 10.9. The first-order valence-corrected chi connectivity index (χ1v) is 6.79. The summed E-state index contributed by atoms with van der Waals surface area (Å²) in [6.07, 6.45) is 3.96. The van der Waals surface area contributed by atoms with Crippen LogP contribution in [0.5, 0.6) is 0 Å². The number of rotatable bonds is 3. The van der Waals surface area contributed by atoms with Gasteiger partial charge in [-0.3, -0.25) is 0 Å². The molecule has 0 spiro atoms. The quantitative estimate of drug-likeness (QED) is 0.773. The summed E-state index contributed by atoms with van der Waals surface area (Å²) >= 11 is 5.88. The van der Waals surface area contributed by atoms with Gasteiger partial charge in [-0.25, -0.2) is 4.79 Å². The normalized spacial score (nSPS) is 10.5. The summed E-state index contributed by atoms with van der Waals surface area (Å²) in [6, 6.07) is 16.4. The molecule has 3 nitrogen and oxygen atoms in total. The van der Waals surface area contributed by atoms with Gasteiger partial charge in [-0.15, -0.1) is 0 Å². The summed E-state index contributed by atoms with van der Waals surface area (Å²) in [4.78, 5) is 10.9. The van der Waals surface area contributed by atoms with E-state index < -0.39 is 5.97 Å². The molecule has 3 rings (SSSR count). The number of carboxylic acid groups (broad SMARTS) is 1. The van der Waals surface area contributed by atoms with Crippen molar-refractivity contribution in [2.45, 2.75) is 0 Å². The zero-order valence-corrected chi connectivity index (χ0v) is 11.8. The Morgan fingerprint density at radius 1 is 0.905 bits per heavy atom. The Balaban J connectivity index is 1.90. The van der Waals surface area contributed by atoms with Gasteiger partial charge in [0.1, 0.15) is 0 Å². The number of halogens is 1. The molecule has 4 heteroatoms. The zero-order valence-electron chi connectivity index (χ0n) is 11.0. The zero-order chi connectivity index (χ0) is 14.8. The van der Waals surface area contributed by atoms with Crippen molar-refractivity contribution in [3.63, 3.8) is 0 Å². The standard InChI is InChI=1S/C17H12ClNO2/c18-15-5-7-16(8-6-15)19-10-9-14(11-19)12-1-3-13(4-2-12)17(20)21/h1-11H,(H,20,21). The molecule has 0 saturated heterocycles. The minimum Gasteiger partial charge on any atom is -0.478 e. The molecule has 104 valence electrons. The number of hydrogen-bond acceptors (Lipinski definition) is 1. The maximum Gasteiger partial charge on any atom is 0.335 e. The van der Waals surface area contributed by atoms with Crippen LogP contribution < -0.4 is 0 Å². The topological polar surface area (TPSA) is 42.2 Å². The van der Waals surface area contributed by atoms with Crippen molar-refractivity contribution in [1.82, 2.24) is 4.57 Å². The van der Waals surface area contributed by atoms with E-state index in [2.05, 4.69) is 0 Å². The molecule has 0 fully saturated rings. The Bertz CT molecular complexity index is 773. The highest BCUT2D eigenvalue weighted by molar-refractivity contribution is 6.30. The molecular weight excluding hydrogens is 286 g/mol. The van der Waals surface area contributed by atoms with Gasteiger partial charge in [-0.1, -0.05) is 23.7 Å². The highest BCUT2D eigenvalue weighted by atomic mass is 35.5. The summed E-state index contributed by atoms with van der Waals surface area (Å²) in [6.45, 7) is 0. The fourth-order valence-electron chi connectivity index (χ4n) is 2.15. The van der Waals surface area contributed by atoms with Gasteiger partial charge < -0.3 is 9.67 Å². The number of carbonyl (C=O) groups is 1. The predicted octanol–water partition coefficient (Wildman–Crippen LogP) is 4.50. The van der Waals surface area contributed by atoms with Gasteiger partial charge >= 0.3 is 5.97 Å². The second-order valence-electron chi connectivity index (χ2n) is 4.67. The van der Waals surface area contributed by atoms with Gasteiger partial charge in [0, 0.05) is 23.1 Å². The molecule has 3 aromatic rings. The predicted molar refractivity (Wildman–Crippen MR) is 83.2 cm³/mol. The molecule has 0 atom stereocenters. The summed E-state index contributed by atoms with van der Waals surface area (Å²) in [5.41, 5.74) is 3.32. The van der Waals surface area contributed by atoms with Crippen molar-refractivity contribution in [2.24, 2.45) is 0 Å². The smallest absolute Gasteiger partial charge is 0.335 e. The number of aromatic nitrogens is 1. The van der Waals surface area contributed by atoms with Gasteiger partial charge in [0.05, 0.1) is 5.56 Å². The van der Waals surface area contributed by atoms with Crippen molar-refractivity contribution in [3.05, 3.63) is 77.6 Å². The van der Waals surface area contributed by atoms with Gasteiger partial charge in [0.2, 0.25) is 0 Å². The van der Waals surface area contributed by atoms with Crippen molar-refractivity contribution < 1.29 is 9.90 Å². The molecular formula is C17H12ClNO2. The van der Waals surface area contributed by atoms with E-state index in [1.807, 2.05) is 59.4 Å². The Morgan fingerprint density at radius 3 is 2.19 bits per heavy atom. The van der Waals surface area contributed by atoms with Crippen LogP contribution in [0.3, 0.4) is 0 Å². The molecule has 0 aliphatic rings. The second kappa shape index (κ2) is 5.46. The minimum atomic E-state index is -0.916. The highest BCUT2D eigenvalue weighted by Gasteiger charge is 2.05. The van der Waals surface area contributed by atoms with E-state index in [9.17, 15) is 4.79 Å². The van der Waals surface area contributed by atoms with Gasteiger partial charge in [-0.05, 0) is 53.6 Å². The maximum atomic E-state index is 10.9. The summed E-state index contributed by atoms with van der Waals surface area (Å²) < 4.78 is 2.00. The Kier molecular flexibility index (Phi) is 3.50. The molecule has 2 aromatic carbocycles. The molecule has 0 unspecified atom stereocenters. The van der Waals surface area contributed by atoms with Crippen LogP contribution in [-0.2, 0) is 0 Å². The van der Waals surface area contributed by atoms with Crippen molar-refractivity contribution in [2.75, 3.05) is 0 Å². The van der Waals surface area contributed by atoms with Crippen LogP contribution in [0.25, 0.3) is 16.8 Å². The molecule has 0 bridgehead atoms. The third kappa shape index (κ3) is 2.83. The molecule has 21 heavy (non-hydrogen) atoms. The molecule has 0 aliphatic carbocycles. The van der Waals surface area contributed by atoms with E-state index in [0.717, 1.165) is 16.8 Å². The number of carboxylic acids is 1. The van der Waals surface area contributed by atoms with Crippen molar-refractivity contribution >= 4 is 17.6 Å². The fraction of sp³-hybridized carbons (Fsp3) is 0. The highest BCUT2D eigenvalue weighted by Crippen LogP contribution is 2.23. The van der Waals surface area contributed by atoms with Gasteiger partial charge in [0.25, 0.3) is 0 Å². The van der Waals surface area contributed by atoms with Crippen LogP contribution in [0.1, 0.15) is 10.4 Å². The minimum absolute atomic E-state index is 0.288. The summed E-state index contributed by atoms with van der Waals surface area (Å²) in [5.74, 6) is -0.916. The molecule has 0 saturated carbocycles. The van der Waals surface area contributed by atoms with Crippen LogP contribution >= 0.6 is 11.6 Å². The number of benzene rings is 2. The van der Waals surface area contributed by atoms with Crippen LogP contribution in [0, 0.1) is 0 Å². The van der Waals surface area contributed by atoms with Crippen LogP contribution in [0.15, 0.2) is 67.0 Å². The summed E-state index contributed by atoms with van der Waals surface area (Å²) in [7, 11) is 0. The molecule has 0 amide bonds. The lowest BCUT2D eigenvalue weighted by atomic mass is 10.1. The lowest BCUT2D eigenvalue weighted by Crippen LogP contribution is -1.94. The first-order chi connectivity index (χ1) is 10.1. The fourth-order valence-corrected chi connectivity index (χ4v) is 2.27. The first kappa shape index (κ1) is 13.5. The molecule has 1 N–H and O–H groups in total. The summed E-state index contributed by atoms with van der Waals surface area (Å²) in [5, 5.41) is 9.61. The largest absolute Gasteiger partial charge is 0.478 e. The lowest BCUT2D eigenvalue weighted by Gasteiger charge is -2.03. The van der Waals surface area contributed by atoms with E-state index in [4.69, 9.17) is 16.7 Å². The molecule has 1 aromatic heterocycles. The van der Waals surface area contributed by atoms with Gasteiger partial charge in [0.15, 0.2) is 0 Å². The Morgan fingerprint density at radius 2 is 1.57 bits per heavy atom. The van der Waals surface area contributed by atoms with E-state index >= 15 is 0 Å². The van der Waals surface area contributed by atoms with Crippen LogP contribution in [-0.4, -0.2) is 15.6 Å². The molecule has 0 aliphatic heterocycles. The second-order valence-corrected chi connectivity index (χ2v) is 5.10. The van der Waals surface area contributed by atoms with Gasteiger partial charge in [-0.2, -0.15) is 0 Å². The van der Waals surface area contributed by atoms with E-state index in [1.54, 1.807) is 12.1 Å². The average Bonchev–Trinajstić information content (AvgIpc) is 2.98. The third-order valence-electron chi connectivity index (χ3n) is 3.28.